The first kappa shape index (κ1) is 17.6. The van der Waals surface area contributed by atoms with Crippen molar-refractivity contribution in [2.24, 2.45) is 0 Å². The average molecular weight is 349 g/mol. The van der Waals surface area contributed by atoms with Crippen molar-refractivity contribution in [1.29, 1.82) is 0 Å². The fourth-order valence-electron chi connectivity index (χ4n) is 1.77. The Morgan fingerprint density at radius 3 is 2.58 bits per heavy atom. The van der Waals surface area contributed by atoms with Crippen LogP contribution in [0.5, 0.6) is 17.4 Å². The molecular weight excluding hydrogens is 337 g/mol. The van der Waals surface area contributed by atoms with Crippen molar-refractivity contribution in [2.75, 3.05) is 0 Å². The number of carbonyl (C=O) groups is 1. The van der Waals surface area contributed by atoms with E-state index >= 15 is 0 Å². The molecule has 0 spiro atoms. The van der Waals surface area contributed by atoms with Crippen molar-refractivity contribution in [2.45, 2.75) is 18.9 Å². The number of carboxylic acid groups (broad SMARTS) is 1. The molecule has 2 rings (SSSR count). The molecule has 124 valence electrons. The number of terminal acetylenes is 1. The maximum Gasteiger partial charge on any atom is 0.255 e. The Labute approximate surface area is 143 Å². The zero-order valence-electron chi connectivity index (χ0n) is 12.6. The summed E-state index contributed by atoms with van der Waals surface area (Å²) in [5.74, 6) is 0.392. The van der Waals surface area contributed by atoms with Gasteiger partial charge in [0.15, 0.2) is 11.4 Å². The van der Waals surface area contributed by atoms with Gasteiger partial charge in [0, 0.05) is 6.20 Å². The van der Waals surface area contributed by atoms with E-state index in [-0.39, 0.29) is 28.8 Å². The van der Waals surface area contributed by atoms with Gasteiger partial charge in [0.25, 0.3) is 5.88 Å². The van der Waals surface area contributed by atoms with Gasteiger partial charge in [0.05, 0.1) is 17.4 Å². The summed E-state index contributed by atoms with van der Waals surface area (Å²) in [6.07, 6.45) is 6.24. The molecule has 1 aromatic carbocycles. The number of hydrogen-bond donors (Lipinski definition) is 0. The van der Waals surface area contributed by atoms with Crippen LogP contribution >= 0.6 is 11.6 Å². The van der Waals surface area contributed by atoms with E-state index in [1.807, 2.05) is 0 Å². The molecule has 0 saturated carbocycles. The molecule has 1 unspecified atom stereocenters. The van der Waals surface area contributed by atoms with Gasteiger partial charge in [-0.1, -0.05) is 11.6 Å². The van der Waals surface area contributed by atoms with Crippen LogP contribution in [0.4, 0.5) is 4.39 Å². The number of rotatable bonds is 6. The second kappa shape index (κ2) is 7.20. The van der Waals surface area contributed by atoms with Gasteiger partial charge in [-0.05, 0) is 37.3 Å². The van der Waals surface area contributed by atoms with Crippen LogP contribution in [-0.2, 0) is 4.79 Å². The fourth-order valence-corrected chi connectivity index (χ4v) is 1.91. The molecule has 5 nitrogen and oxygen atoms in total. The molecule has 0 bridgehead atoms. The number of nitrogens with zero attached hydrogens (tertiary/aromatic N) is 1. The van der Waals surface area contributed by atoms with E-state index in [1.165, 1.54) is 37.4 Å². The van der Waals surface area contributed by atoms with Crippen LogP contribution in [0.1, 0.15) is 13.3 Å². The smallest absolute Gasteiger partial charge is 0.255 e. The maximum absolute atomic E-state index is 13.6. The number of aliphatic carboxylic acids is 1. The van der Waals surface area contributed by atoms with Crippen molar-refractivity contribution in [3.63, 3.8) is 0 Å². The van der Waals surface area contributed by atoms with Crippen LogP contribution in [0.3, 0.4) is 0 Å². The molecular formula is C17H12ClFNO4-. The quantitative estimate of drug-likeness (QED) is 0.750. The SMILES string of the molecule is C#CCC(C)(Oc1ccc(Oc2ncc(Cl)cc2F)cc1)C(=O)[O-]. The minimum atomic E-state index is -1.65. The van der Waals surface area contributed by atoms with E-state index in [0.717, 1.165) is 6.07 Å². The Balaban J connectivity index is 2.13. The fraction of sp³-hybridized carbons (Fsp3) is 0.176. The van der Waals surface area contributed by atoms with Crippen LogP contribution in [0, 0.1) is 18.2 Å². The zero-order valence-corrected chi connectivity index (χ0v) is 13.3. The minimum Gasteiger partial charge on any atom is -0.546 e. The molecule has 0 saturated heterocycles. The zero-order chi connectivity index (χ0) is 17.7. The third-order valence-corrected chi connectivity index (χ3v) is 3.23. The van der Waals surface area contributed by atoms with Crippen LogP contribution in [0.15, 0.2) is 36.5 Å². The number of carboxylic acids is 1. The van der Waals surface area contributed by atoms with Crippen molar-refractivity contribution in [1.82, 2.24) is 4.98 Å². The topological polar surface area (TPSA) is 71.5 Å². The molecule has 0 fully saturated rings. The molecule has 1 atom stereocenters. The highest BCUT2D eigenvalue weighted by atomic mass is 35.5. The van der Waals surface area contributed by atoms with E-state index in [1.54, 1.807) is 0 Å². The summed E-state index contributed by atoms with van der Waals surface area (Å²) in [6, 6.07) is 6.93. The van der Waals surface area contributed by atoms with E-state index in [2.05, 4.69) is 10.9 Å². The molecule has 0 N–H and O–H groups in total. The highest BCUT2D eigenvalue weighted by molar-refractivity contribution is 6.30. The number of pyridine rings is 1. The molecule has 0 aliphatic rings. The third-order valence-electron chi connectivity index (χ3n) is 3.03. The normalized spacial score (nSPS) is 12.8. The lowest BCUT2D eigenvalue weighted by molar-refractivity contribution is -0.321. The van der Waals surface area contributed by atoms with Crippen LogP contribution in [0.25, 0.3) is 0 Å². The van der Waals surface area contributed by atoms with Gasteiger partial charge >= 0.3 is 0 Å². The minimum absolute atomic E-state index is 0.152. The number of carbonyl (C=O) groups excluding carboxylic acids is 1. The number of ether oxygens (including phenoxy) is 2. The lowest BCUT2D eigenvalue weighted by Crippen LogP contribution is -2.50. The van der Waals surface area contributed by atoms with Gasteiger partial charge in [-0.15, -0.1) is 12.3 Å². The first-order valence-corrected chi connectivity index (χ1v) is 7.15. The molecule has 0 radical (unpaired) electrons. The van der Waals surface area contributed by atoms with Gasteiger partial charge in [-0.2, -0.15) is 0 Å². The summed E-state index contributed by atoms with van der Waals surface area (Å²) in [5.41, 5.74) is -1.65. The van der Waals surface area contributed by atoms with Crippen LogP contribution in [0.2, 0.25) is 5.02 Å². The van der Waals surface area contributed by atoms with E-state index in [9.17, 15) is 14.3 Å². The summed E-state index contributed by atoms with van der Waals surface area (Å²) in [6.45, 7) is 1.32. The second-order valence-corrected chi connectivity index (χ2v) is 5.45. The molecule has 0 amide bonds. The van der Waals surface area contributed by atoms with Gasteiger partial charge < -0.3 is 19.4 Å². The van der Waals surface area contributed by atoms with Crippen LogP contribution in [-0.4, -0.2) is 16.6 Å². The predicted molar refractivity (Wildman–Crippen MR) is 83.2 cm³/mol. The summed E-state index contributed by atoms with van der Waals surface area (Å²) in [5, 5.41) is 11.3. The van der Waals surface area contributed by atoms with Crippen molar-refractivity contribution < 1.29 is 23.8 Å². The van der Waals surface area contributed by atoms with E-state index in [4.69, 9.17) is 27.5 Å². The van der Waals surface area contributed by atoms with Crippen molar-refractivity contribution in [3.05, 3.63) is 47.4 Å². The Hall–Kier alpha value is -2.78. The molecule has 7 heteroatoms. The second-order valence-electron chi connectivity index (χ2n) is 5.02. The van der Waals surface area contributed by atoms with E-state index < -0.39 is 17.4 Å². The van der Waals surface area contributed by atoms with Gasteiger partial charge in [0.2, 0.25) is 0 Å². The van der Waals surface area contributed by atoms with Crippen molar-refractivity contribution >= 4 is 17.6 Å². The number of aromatic nitrogens is 1. The summed E-state index contributed by atoms with van der Waals surface area (Å²) in [7, 11) is 0. The van der Waals surface area contributed by atoms with E-state index in [0.29, 0.717) is 0 Å². The largest absolute Gasteiger partial charge is 0.546 e. The van der Waals surface area contributed by atoms with Gasteiger partial charge in [-0.25, -0.2) is 9.37 Å². The molecule has 0 aliphatic heterocycles. The molecule has 1 heterocycles. The van der Waals surface area contributed by atoms with Crippen LogP contribution < -0.4 is 14.6 Å². The first-order chi connectivity index (χ1) is 11.3. The highest BCUT2D eigenvalue weighted by Crippen LogP contribution is 2.27. The van der Waals surface area contributed by atoms with Gasteiger partial charge in [-0.3, -0.25) is 0 Å². The summed E-state index contributed by atoms with van der Waals surface area (Å²) >= 11 is 5.61. The Bertz CT molecular complexity index is 788. The monoisotopic (exact) mass is 348 g/mol. The number of halogens is 2. The lowest BCUT2D eigenvalue weighted by atomic mass is 10.0. The Morgan fingerprint density at radius 1 is 1.42 bits per heavy atom. The predicted octanol–water partition coefficient (Wildman–Crippen LogP) is 2.58. The maximum atomic E-state index is 13.6. The molecule has 0 aliphatic carbocycles. The highest BCUT2D eigenvalue weighted by Gasteiger charge is 2.27. The average Bonchev–Trinajstić information content (AvgIpc) is 2.52. The summed E-state index contributed by atoms with van der Waals surface area (Å²) < 4.78 is 24.3. The third kappa shape index (κ3) is 4.15. The van der Waals surface area contributed by atoms with Gasteiger partial charge in [0.1, 0.15) is 11.5 Å². The standard InChI is InChI=1S/C17H13ClFNO4/c1-3-8-17(2,16(21)22)24-13-6-4-12(5-7-13)23-15-14(19)9-11(18)10-20-15/h1,4-7,9-10H,8H2,2H3,(H,21,22)/p-1. The van der Waals surface area contributed by atoms with Crippen molar-refractivity contribution in [3.8, 4) is 29.7 Å². The number of hydrogen-bond acceptors (Lipinski definition) is 5. The molecule has 2 aromatic rings. The molecule has 1 aromatic heterocycles. The summed E-state index contributed by atoms with van der Waals surface area (Å²) in [4.78, 5) is 14.9. The Kier molecular flexibility index (Phi) is 5.27. The Morgan fingerprint density at radius 2 is 2.04 bits per heavy atom. The first-order valence-electron chi connectivity index (χ1n) is 6.77. The lowest BCUT2D eigenvalue weighted by Gasteiger charge is -2.29. The molecule has 24 heavy (non-hydrogen) atoms. The number of benzene rings is 1.